The van der Waals surface area contributed by atoms with Gasteiger partial charge in [-0.05, 0) is 69.0 Å². The van der Waals surface area contributed by atoms with Crippen LogP contribution in [0, 0.1) is 12.7 Å². The number of piperidine rings is 1. The molecule has 49 heavy (non-hydrogen) atoms. The van der Waals surface area contributed by atoms with E-state index in [9.17, 15) is 35.2 Å². The predicted molar refractivity (Wildman–Crippen MR) is 172 cm³/mol. The summed E-state index contributed by atoms with van der Waals surface area (Å²) in [6.07, 6.45) is -3.87. The summed E-state index contributed by atoms with van der Waals surface area (Å²) in [6.45, 7) is 6.92. The molecule has 2 aromatic heterocycles. The Kier molecular flexibility index (Phi) is 10.00. The van der Waals surface area contributed by atoms with Gasteiger partial charge in [0.15, 0.2) is 9.84 Å². The molecule has 1 fully saturated rings. The van der Waals surface area contributed by atoms with E-state index in [-0.39, 0.29) is 47.9 Å². The predicted octanol–water partition coefficient (Wildman–Crippen LogP) is 7.17. The molecule has 1 N–H and O–H groups in total. The van der Waals surface area contributed by atoms with Crippen LogP contribution < -0.4 is 10.1 Å². The number of hydrogen-bond donors (Lipinski definition) is 1. The van der Waals surface area contributed by atoms with Gasteiger partial charge in [-0.15, -0.1) is 0 Å². The Labute approximate surface area is 279 Å². The second kappa shape index (κ2) is 13.7. The number of aromatic nitrogens is 3. The van der Waals surface area contributed by atoms with Crippen molar-refractivity contribution in [1.82, 2.24) is 19.9 Å². The number of anilines is 1. The summed E-state index contributed by atoms with van der Waals surface area (Å²) in [6, 6.07) is 9.68. The molecule has 1 aliphatic rings. The number of benzene rings is 2. The first-order valence-electron chi connectivity index (χ1n) is 15.2. The zero-order chi connectivity index (χ0) is 35.7. The van der Waals surface area contributed by atoms with Gasteiger partial charge in [0.2, 0.25) is 11.8 Å². The summed E-state index contributed by atoms with van der Waals surface area (Å²) in [5.41, 5.74) is 0.159. The van der Waals surface area contributed by atoms with Gasteiger partial charge >= 0.3 is 12.3 Å². The highest BCUT2D eigenvalue weighted by molar-refractivity contribution is 7.90. The van der Waals surface area contributed by atoms with Crippen LogP contribution in [0.5, 0.6) is 11.6 Å². The topological polar surface area (TPSA) is 124 Å². The number of carbonyl (C=O) groups is 1. The molecular weight excluding hydrogens is 673 g/mol. The van der Waals surface area contributed by atoms with Crippen LogP contribution in [0.2, 0.25) is 0 Å². The molecule has 5 rings (SSSR count). The first kappa shape index (κ1) is 35.7. The number of fused-ring (bicyclic) bond motifs is 1. The van der Waals surface area contributed by atoms with E-state index in [0.29, 0.717) is 16.8 Å². The maximum absolute atomic E-state index is 14.9. The molecule has 2 atom stereocenters. The number of amides is 1. The van der Waals surface area contributed by atoms with Gasteiger partial charge in [0.05, 0.1) is 23.6 Å². The lowest BCUT2D eigenvalue weighted by atomic mass is 10.0. The number of rotatable bonds is 8. The van der Waals surface area contributed by atoms with Gasteiger partial charge < -0.3 is 19.7 Å². The van der Waals surface area contributed by atoms with Crippen LogP contribution >= 0.6 is 0 Å². The number of carbonyl (C=O) groups excluding carboxylic acids is 1. The maximum Gasteiger partial charge on any atom is 0.410 e. The minimum absolute atomic E-state index is 0.0657. The first-order chi connectivity index (χ1) is 22.9. The fraction of sp³-hybridized carbons (Fsp3) is 0.394. The number of pyridine rings is 1. The molecule has 0 unspecified atom stereocenters. The average Bonchev–Trinajstić information content (AvgIpc) is 2.98. The first-order valence-corrected chi connectivity index (χ1v) is 17.0. The van der Waals surface area contributed by atoms with E-state index in [1.165, 1.54) is 35.5 Å². The maximum atomic E-state index is 14.9. The third-order valence-electron chi connectivity index (χ3n) is 7.44. The van der Waals surface area contributed by atoms with Crippen LogP contribution in [0.1, 0.15) is 38.3 Å². The molecule has 262 valence electrons. The Hall–Kier alpha value is -4.60. The highest BCUT2D eigenvalue weighted by Gasteiger charge is 2.36. The molecule has 0 spiro atoms. The molecular formula is C33H34F5N5O5S. The summed E-state index contributed by atoms with van der Waals surface area (Å²) >= 11 is 0. The highest BCUT2D eigenvalue weighted by atomic mass is 32.2. The van der Waals surface area contributed by atoms with Crippen molar-refractivity contribution in [3.8, 4) is 22.9 Å². The van der Waals surface area contributed by atoms with Crippen molar-refractivity contribution in [2.45, 2.75) is 63.9 Å². The number of ether oxygens (including phenoxy) is 2. The van der Waals surface area contributed by atoms with Gasteiger partial charge in [-0.3, -0.25) is 0 Å². The van der Waals surface area contributed by atoms with Crippen LogP contribution in [0.4, 0.5) is 32.7 Å². The van der Waals surface area contributed by atoms with Gasteiger partial charge in [0, 0.05) is 42.4 Å². The van der Waals surface area contributed by atoms with Crippen LogP contribution in [-0.2, 0) is 20.3 Å². The molecule has 16 heteroatoms. The van der Waals surface area contributed by atoms with Crippen molar-refractivity contribution in [2.75, 3.05) is 24.2 Å². The molecule has 1 saturated heterocycles. The van der Waals surface area contributed by atoms with E-state index in [0.717, 1.165) is 6.07 Å². The van der Waals surface area contributed by atoms with Crippen LogP contribution in [0.15, 0.2) is 54.9 Å². The summed E-state index contributed by atoms with van der Waals surface area (Å²) in [5, 5.41) is 3.41. The zero-order valence-electron chi connectivity index (χ0n) is 27.0. The van der Waals surface area contributed by atoms with E-state index in [4.69, 9.17) is 9.47 Å². The molecule has 2 aromatic carbocycles. The lowest BCUT2D eigenvalue weighted by Gasteiger charge is -2.36. The monoisotopic (exact) mass is 707 g/mol. The summed E-state index contributed by atoms with van der Waals surface area (Å²) in [7, 11) is -4.75. The molecule has 3 heterocycles. The van der Waals surface area contributed by atoms with Crippen LogP contribution in [-0.4, -0.2) is 77.2 Å². The standard InChI is InChI=1S/C33H34F5N5O5S/c1-19-7-8-22-23(9-10-26(35)25(22)17-49(45,46)18-33(36,37)38)28(19)47-29-24(6-5-12-39-29)27-11-13-40-30(42-27)41-21-14-20(34)15-43(16-21)31(44)48-32(2,3)4/h5-13,20-21H,14-18H2,1-4H3,(H,40,41,42)/t20-,21-/m1/s1. The quantitative estimate of drug-likeness (QED) is 0.190. The van der Waals surface area contributed by atoms with Gasteiger partial charge in [0.25, 0.3) is 0 Å². The van der Waals surface area contributed by atoms with Crippen molar-refractivity contribution in [1.29, 1.82) is 0 Å². The number of alkyl halides is 4. The van der Waals surface area contributed by atoms with Crippen molar-refractivity contribution in [2.24, 2.45) is 0 Å². The molecule has 1 amide bonds. The van der Waals surface area contributed by atoms with Gasteiger partial charge in [-0.25, -0.2) is 36.9 Å². The van der Waals surface area contributed by atoms with Crippen molar-refractivity contribution in [3.05, 3.63) is 71.8 Å². The largest absolute Gasteiger partial charge is 0.444 e. The number of nitrogens with one attached hydrogen (secondary N) is 1. The Balaban J connectivity index is 1.43. The third-order valence-corrected chi connectivity index (χ3v) is 8.93. The minimum Gasteiger partial charge on any atom is -0.444 e. The Bertz CT molecular complexity index is 1970. The fourth-order valence-electron chi connectivity index (χ4n) is 5.47. The normalized spacial score (nSPS) is 17.2. The SMILES string of the molecule is Cc1ccc2c(CS(=O)(=O)CC(F)(F)F)c(F)ccc2c1Oc1ncccc1-c1ccnc(N[C@@H]2C[C@@H](F)CN(C(=O)OC(C)(C)C)C2)n1. The number of halogens is 5. The van der Waals surface area contributed by atoms with Crippen LogP contribution in [0.3, 0.4) is 0 Å². The molecule has 4 aromatic rings. The second-order valence-electron chi connectivity index (χ2n) is 12.8. The van der Waals surface area contributed by atoms with Gasteiger partial charge in [0.1, 0.15) is 29.1 Å². The Morgan fingerprint density at radius 2 is 1.76 bits per heavy atom. The van der Waals surface area contributed by atoms with Crippen molar-refractivity contribution in [3.63, 3.8) is 0 Å². The van der Waals surface area contributed by atoms with Crippen molar-refractivity contribution >= 4 is 32.7 Å². The fourth-order valence-corrected chi connectivity index (χ4v) is 6.80. The second-order valence-corrected chi connectivity index (χ2v) is 14.8. The number of aryl methyl sites for hydroxylation is 1. The lowest BCUT2D eigenvalue weighted by Crippen LogP contribution is -2.51. The number of hydrogen-bond acceptors (Lipinski definition) is 9. The smallest absolute Gasteiger partial charge is 0.410 e. The zero-order valence-corrected chi connectivity index (χ0v) is 27.8. The van der Waals surface area contributed by atoms with E-state index in [2.05, 4.69) is 20.3 Å². The molecule has 0 saturated carbocycles. The molecule has 0 radical (unpaired) electrons. The van der Waals surface area contributed by atoms with E-state index in [1.807, 2.05) is 0 Å². The van der Waals surface area contributed by atoms with E-state index < -0.39 is 62.8 Å². The average molecular weight is 708 g/mol. The summed E-state index contributed by atoms with van der Waals surface area (Å²) in [5.74, 6) is -3.83. The minimum atomic E-state index is -4.98. The molecule has 0 aliphatic carbocycles. The van der Waals surface area contributed by atoms with Crippen LogP contribution in [0.25, 0.3) is 22.0 Å². The number of nitrogens with zero attached hydrogens (tertiary/aromatic N) is 4. The van der Waals surface area contributed by atoms with Crippen molar-refractivity contribution < 1.29 is 44.6 Å². The lowest BCUT2D eigenvalue weighted by molar-refractivity contribution is -0.106. The number of likely N-dealkylation sites (tertiary alicyclic amines) is 1. The van der Waals surface area contributed by atoms with Gasteiger partial charge in [-0.2, -0.15) is 13.2 Å². The van der Waals surface area contributed by atoms with E-state index >= 15 is 0 Å². The number of sulfone groups is 1. The summed E-state index contributed by atoms with van der Waals surface area (Å²) in [4.78, 5) is 27.1. The third kappa shape index (κ3) is 9.10. The summed E-state index contributed by atoms with van der Waals surface area (Å²) < 4.78 is 105. The highest BCUT2D eigenvalue weighted by Crippen LogP contribution is 2.39. The van der Waals surface area contributed by atoms with E-state index in [1.54, 1.807) is 45.9 Å². The molecule has 0 bridgehead atoms. The van der Waals surface area contributed by atoms with Gasteiger partial charge in [-0.1, -0.05) is 12.1 Å². The molecule has 10 nitrogen and oxygen atoms in total. The Morgan fingerprint density at radius 3 is 2.47 bits per heavy atom. The Morgan fingerprint density at radius 1 is 1.02 bits per heavy atom. The molecule has 1 aliphatic heterocycles.